The van der Waals surface area contributed by atoms with Gasteiger partial charge in [0.1, 0.15) is 5.52 Å². The first-order valence-electron chi connectivity index (χ1n) is 5.51. The molecule has 0 amide bonds. The van der Waals surface area contributed by atoms with Crippen LogP contribution in [0, 0.1) is 6.92 Å². The van der Waals surface area contributed by atoms with E-state index < -0.39 is 0 Å². The fourth-order valence-electron chi connectivity index (χ4n) is 2.07. The molecule has 0 fully saturated rings. The van der Waals surface area contributed by atoms with Gasteiger partial charge in [-0.1, -0.05) is 15.9 Å². The molecule has 18 heavy (non-hydrogen) atoms. The summed E-state index contributed by atoms with van der Waals surface area (Å²) in [6.07, 6.45) is 3.46. The highest BCUT2D eigenvalue weighted by molar-refractivity contribution is 9.10. The minimum absolute atomic E-state index is 0.475. The molecule has 0 spiro atoms. The van der Waals surface area contributed by atoms with Crippen molar-refractivity contribution < 1.29 is 0 Å². The van der Waals surface area contributed by atoms with Crippen molar-refractivity contribution in [3.63, 3.8) is 0 Å². The molecule has 3 aromatic rings. The molecule has 2 N–H and O–H groups in total. The number of imidazole rings is 1. The van der Waals surface area contributed by atoms with Gasteiger partial charge in [0.05, 0.1) is 17.4 Å². The first-order valence-corrected chi connectivity index (χ1v) is 6.30. The normalized spacial score (nSPS) is 11.0. The quantitative estimate of drug-likeness (QED) is 0.751. The second kappa shape index (κ2) is 4.10. The summed E-state index contributed by atoms with van der Waals surface area (Å²) < 4.78 is 2.99. The lowest BCUT2D eigenvalue weighted by atomic mass is 10.2. The molecule has 2 heterocycles. The number of anilines is 1. The van der Waals surface area contributed by atoms with Gasteiger partial charge in [0.15, 0.2) is 0 Å². The van der Waals surface area contributed by atoms with E-state index in [9.17, 15) is 0 Å². The van der Waals surface area contributed by atoms with E-state index in [2.05, 4.69) is 32.0 Å². The summed E-state index contributed by atoms with van der Waals surface area (Å²) in [5.41, 5.74) is 9.94. The zero-order valence-electron chi connectivity index (χ0n) is 9.76. The molecule has 0 aliphatic carbocycles. The van der Waals surface area contributed by atoms with Crippen LogP contribution in [-0.4, -0.2) is 14.5 Å². The first kappa shape index (κ1) is 11.2. The Morgan fingerprint density at radius 2 is 2.11 bits per heavy atom. The van der Waals surface area contributed by atoms with Crippen molar-refractivity contribution >= 4 is 32.9 Å². The molecular weight excluding hydrogens is 292 g/mol. The van der Waals surface area contributed by atoms with E-state index in [1.165, 1.54) is 0 Å². The van der Waals surface area contributed by atoms with Crippen molar-refractivity contribution in [2.75, 3.05) is 5.73 Å². The summed E-state index contributed by atoms with van der Waals surface area (Å²) in [5, 5.41) is 0. The maximum atomic E-state index is 6.00. The van der Waals surface area contributed by atoms with Gasteiger partial charge in [0.25, 0.3) is 0 Å². The van der Waals surface area contributed by atoms with E-state index in [0.29, 0.717) is 5.95 Å². The number of nitrogens with zero attached hydrogens (tertiary/aromatic N) is 3. The summed E-state index contributed by atoms with van der Waals surface area (Å²) >= 11 is 3.46. The summed E-state index contributed by atoms with van der Waals surface area (Å²) in [4.78, 5) is 8.38. The molecule has 0 radical (unpaired) electrons. The Morgan fingerprint density at radius 3 is 2.89 bits per heavy atom. The largest absolute Gasteiger partial charge is 0.369 e. The average molecular weight is 303 g/mol. The van der Waals surface area contributed by atoms with Crippen LogP contribution < -0.4 is 5.73 Å². The van der Waals surface area contributed by atoms with Gasteiger partial charge in [-0.2, -0.15) is 0 Å². The van der Waals surface area contributed by atoms with Crippen LogP contribution in [0.1, 0.15) is 5.56 Å². The molecule has 0 saturated heterocycles. The Morgan fingerprint density at radius 1 is 1.28 bits per heavy atom. The number of hydrogen-bond donors (Lipinski definition) is 1. The highest BCUT2D eigenvalue weighted by Gasteiger charge is 2.11. The Labute approximate surface area is 113 Å². The Bertz CT molecular complexity index is 733. The van der Waals surface area contributed by atoms with Crippen LogP contribution in [0.25, 0.3) is 16.7 Å². The van der Waals surface area contributed by atoms with Crippen molar-refractivity contribution in [2.45, 2.75) is 6.92 Å². The zero-order valence-corrected chi connectivity index (χ0v) is 11.3. The third-order valence-corrected chi connectivity index (χ3v) is 3.38. The second-order valence-corrected chi connectivity index (χ2v) is 5.02. The molecule has 0 atom stereocenters. The fourth-order valence-corrected chi connectivity index (χ4v) is 2.55. The second-order valence-electron chi connectivity index (χ2n) is 4.10. The van der Waals surface area contributed by atoms with E-state index >= 15 is 0 Å². The number of fused-ring (bicyclic) bond motifs is 1. The molecule has 2 aromatic heterocycles. The third-order valence-electron chi connectivity index (χ3n) is 2.88. The van der Waals surface area contributed by atoms with Crippen LogP contribution >= 0.6 is 15.9 Å². The number of aryl methyl sites for hydroxylation is 1. The zero-order chi connectivity index (χ0) is 12.7. The van der Waals surface area contributed by atoms with Gasteiger partial charge < -0.3 is 5.73 Å². The van der Waals surface area contributed by atoms with E-state index in [1.807, 2.05) is 29.7 Å². The summed E-state index contributed by atoms with van der Waals surface area (Å²) in [6, 6.07) is 7.99. The molecule has 0 unspecified atom stereocenters. The molecule has 3 rings (SSSR count). The van der Waals surface area contributed by atoms with Crippen LogP contribution in [0.2, 0.25) is 0 Å². The maximum absolute atomic E-state index is 6.00. The third kappa shape index (κ3) is 1.67. The van der Waals surface area contributed by atoms with Gasteiger partial charge in [0, 0.05) is 10.7 Å². The molecule has 0 bridgehead atoms. The lowest BCUT2D eigenvalue weighted by Crippen LogP contribution is -2.02. The molecule has 0 aliphatic rings. The van der Waals surface area contributed by atoms with Crippen molar-refractivity contribution in [3.05, 3.63) is 46.7 Å². The number of hydrogen-bond acceptors (Lipinski definition) is 3. The maximum Gasteiger partial charge on any atom is 0.205 e. The predicted molar refractivity (Wildman–Crippen MR) is 75.7 cm³/mol. The minimum Gasteiger partial charge on any atom is -0.369 e. The van der Waals surface area contributed by atoms with Crippen LogP contribution in [-0.2, 0) is 0 Å². The van der Waals surface area contributed by atoms with Crippen LogP contribution in [0.15, 0.2) is 41.1 Å². The van der Waals surface area contributed by atoms with Crippen molar-refractivity contribution in [3.8, 4) is 5.69 Å². The average Bonchev–Trinajstić information content (AvgIpc) is 2.66. The lowest BCUT2D eigenvalue weighted by molar-refractivity contribution is 1.09. The van der Waals surface area contributed by atoms with Crippen LogP contribution in [0.5, 0.6) is 0 Å². The molecule has 90 valence electrons. The fraction of sp³-hybridized carbons (Fsp3) is 0.0769. The number of pyridine rings is 1. The predicted octanol–water partition coefficient (Wildman–Crippen LogP) is 3.07. The number of rotatable bonds is 1. The molecule has 5 heteroatoms. The Hall–Kier alpha value is -1.88. The van der Waals surface area contributed by atoms with Gasteiger partial charge in [0.2, 0.25) is 5.95 Å². The van der Waals surface area contributed by atoms with Crippen molar-refractivity contribution in [1.29, 1.82) is 0 Å². The van der Waals surface area contributed by atoms with Crippen molar-refractivity contribution in [1.82, 2.24) is 14.5 Å². The number of benzene rings is 1. The first-order chi connectivity index (χ1) is 8.66. The molecule has 1 aromatic carbocycles. The highest BCUT2D eigenvalue weighted by atomic mass is 79.9. The van der Waals surface area contributed by atoms with Gasteiger partial charge >= 0.3 is 0 Å². The Kier molecular flexibility index (Phi) is 2.56. The summed E-state index contributed by atoms with van der Waals surface area (Å²) in [6.45, 7) is 2.05. The standard InChI is InChI=1S/C13H11BrN4/c1-8-6-9(14)2-3-11(8)18-12-4-5-16-7-10(12)17-13(18)15/h2-7H,1H3,(H2,15,17). The molecule has 0 saturated carbocycles. The number of nitrogens with two attached hydrogens (primary N) is 1. The smallest absolute Gasteiger partial charge is 0.205 e. The SMILES string of the molecule is Cc1cc(Br)ccc1-n1c(N)nc2cnccc21. The van der Waals surface area contributed by atoms with Gasteiger partial charge in [-0.3, -0.25) is 9.55 Å². The van der Waals surface area contributed by atoms with Gasteiger partial charge in [-0.05, 0) is 36.8 Å². The van der Waals surface area contributed by atoms with Crippen LogP contribution in [0.3, 0.4) is 0 Å². The van der Waals surface area contributed by atoms with Crippen molar-refractivity contribution in [2.24, 2.45) is 0 Å². The number of nitrogen functional groups attached to an aromatic ring is 1. The molecular formula is C13H11BrN4. The van der Waals surface area contributed by atoms with E-state index in [0.717, 1.165) is 26.8 Å². The van der Waals surface area contributed by atoms with Gasteiger partial charge in [-0.15, -0.1) is 0 Å². The number of aromatic nitrogens is 3. The lowest BCUT2D eigenvalue weighted by Gasteiger charge is -2.10. The van der Waals surface area contributed by atoms with E-state index in [-0.39, 0.29) is 0 Å². The van der Waals surface area contributed by atoms with Crippen LogP contribution in [0.4, 0.5) is 5.95 Å². The Balaban J connectivity index is 2.34. The van der Waals surface area contributed by atoms with E-state index in [1.54, 1.807) is 12.4 Å². The summed E-state index contributed by atoms with van der Waals surface area (Å²) in [5.74, 6) is 0.475. The van der Waals surface area contributed by atoms with E-state index in [4.69, 9.17) is 5.73 Å². The van der Waals surface area contributed by atoms with Gasteiger partial charge in [-0.25, -0.2) is 4.98 Å². The molecule has 0 aliphatic heterocycles. The molecule has 4 nitrogen and oxygen atoms in total. The topological polar surface area (TPSA) is 56.7 Å². The highest BCUT2D eigenvalue weighted by Crippen LogP contribution is 2.26. The minimum atomic E-state index is 0.475. The summed E-state index contributed by atoms with van der Waals surface area (Å²) in [7, 11) is 0. The number of halogens is 1. The monoisotopic (exact) mass is 302 g/mol.